The summed E-state index contributed by atoms with van der Waals surface area (Å²) in [6.45, 7) is -0.102. The number of rotatable bonds is 4. The van der Waals surface area contributed by atoms with Crippen LogP contribution >= 0.6 is 11.3 Å². The minimum atomic E-state index is -4.80. The number of nitrogens with zero attached hydrogens (tertiary/aromatic N) is 4. The normalized spacial score (nSPS) is 19.8. The van der Waals surface area contributed by atoms with Crippen LogP contribution in [0.5, 0.6) is 0 Å². The molecule has 2 fully saturated rings. The van der Waals surface area contributed by atoms with E-state index in [1.165, 1.54) is 24.3 Å². The first-order valence-corrected chi connectivity index (χ1v) is 8.90. The van der Waals surface area contributed by atoms with Crippen molar-refractivity contribution in [3.05, 3.63) is 40.9 Å². The summed E-state index contributed by atoms with van der Waals surface area (Å²) >= 11 is 1.03. The summed E-state index contributed by atoms with van der Waals surface area (Å²) in [5, 5.41) is 7.81. The third-order valence-electron chi connectivity index (χ3n) is 4.75. The Kier molecular flexibility index (Phi) is 4.02. The highest BCUT2D eigenvalue weighted by molar-refractivity contribution is 7.19. The molecular formula is C16H12BF3N4O2S. The van der Waals surface area contributed by atoms with E-state index in [0.717, 1.165) is 16.2 Å². The Balaban J connectivity index is 1.72. The lowest BCUT2D eigenvalue weighted by Gasteiger charge is -2.28. The van der Waals surface area contributed by atoms with Crippen molar-refractivity contribution in [3.63, 3.8) is 0 Å². The molecule has 1 saturated carbocycles. The molecule has 1 spiro atoms. The maximum atomic E-state index is 13.8. The zero-order valence-electron chi connectivity index (χ0n) is 13.8. The number of halogens is 3. The molecule has 6 nitrogen and oxygen atoms in total. The van der Waals surface area contributed by atoms with E-state index < -0.39 is 29.7 Å². The van der Waals surface area contributed by atoms with E-state index in [0.29, 0.717) is 22.7 Å². The number of aromatic nitrogens is 2. The first-order chi connectivity index (χ1) is 12.7. The molecule has 1 aliphatic heterocycles. The highest BCUT2D eigenvalue weighted by Crippen LogP contribution is 2.52. The fraction of sp³-hybridized carbons (Fsp3) is 0.375. The first-order valence-electron chi connectivity index (χ1n) is 8.09. The van der Waals surface area contributed by atoms with Crippen LogP contribution in [0, 0.1) is 0 Å². The number of alkyl halides is 3. The van der Waals surface area contributed by atoms with Crippen LogP contribution in [0.2, 0.25) is 0 Å². The first kappa shape index (κ1) is 18.0. The van der Waals surface area contributed by atoms with E-state index >= 15 is 0 Å². The van der Waals surface area contributed by atoms with Gasteiger partial charge in [-0.1, -0.05) is 30.3 Å². The number of carbonyl (C=O) groups is 2. The molecule has 0 N–H and O–H groups in total. The second-order valence-corrected chi connectivity index (χ2v) is 7.56. The number of benzene rings is 1. The molecule has 11 heteroatoms. The second kappa shape index (κ2) is 6.05. The van der Waals surface area contributed by atoms with Gasteiger partial charge in [-0.25, -0.2) is 9.69 Å². The summed E-state index contributed by atoms with van der Waals surface area (Å²) < 4.78 is 41.5. The number of amides is 3. The second-order valence-electron chi connectivity index (χ2n) is 6.46. The fourth-order valence-corrected chi connectivity index (χ4v) is 3.97. The van der Waals surface area contributed by atoms with Crippen LogP contribution in [0.15, 0.2) is 30.3 Å². The lowest BCUT2D eigenvalue weighted by Crippen LogP contribution is -2.43. The van der Waals surface area contributed by atoms with Gasteiger partial charge in [0.1, 0.15) is 10.5 Å². The van der Waals surface area contributed by atoms with Crippen molar-refractivity contribution in [2.45, 2.75) is 37.1 Å². The summed E-state index contributed by atoms with van der Waals surface area (Å²) in [5.74, 6) is -0.823. The van der Waals surface area contributed by atoms with Crippen LogP contribution in [0.1, 0.15) is 29.5 Å². The average Bonchev–Trinajstić information content (AvgIpc) is 3.28. The number of urea groups is 1. The lowest BCUT2D eigenvalue weighted by molar-refractivity contribution is -0.182. The molecule has 1 aliphatic carbocycles. The van der Waals surface area contributed by atoms with Gasteiger partial charge in [-0.2, -0.15) is 18.3 Å². The fourth-order valence-electron chi connectivity index (χ4n) is 3.37. The smallest absolute Gasteiger partial charge is 0.303 e. The predicted molar refractivity (Wildman–Crippen MR) is 90.3 cm³/mol. The van der Waals surface area contributed by atoms with Gasteiger partial charge in [-0.3, -0.25) is 4.79 Å². The average molecular weight is 392 g/mol. The number of imide groups is 1. The summed E-state index contributed by atoms with van der Waals surface area (Å²) in [4.78, 5) is 27.5. The van der Waals surface area contributed by atoms with Crippen LogP contribution < -0.4 is 4.91 Å². The van der Waals surface area contributed by atoms with Gasteiger partial charge < -0.3 is 4.90 Å². The third kappa shape index (κ3) is 2.89. The summed E-state index contributed by atoms with van der Waals surface area (Å²) in [5.41, 5.74) is -1.39. The number of hydrogen-bond donors (Lipinski definition) is 0. The van der Waals surface area contributed by atoms with Crippen molar-refractivity contribution < 1.29 is 22.8 Å². The summed E-state index contributed by atoms with van der Waals surface area (Å²) in [6, 6.07) is 3.65. The van der Waals surface area contributed by atoms with Crippen molar-refractivity contribution in [1.82, 2.24) is 20.0 Å². The molecule has 3 amide bonds. The van der Waals surface area contributed by atoms with Gasteiger partial charge in [0, 0.05) is 0 Å². The molecule has 1 aromatic carbocycles. The van der Waals surface area contributed by atoms with Crippen LogP contribution in [0.3, 0.4) is 0 Å². The van der Waals surface area contributed by atoms with Gasteiger partial charge in [0.15, 0.2) is 13.9 Å². The Hall–Kier alpha value is -2.43. The predicted octanol–water partition coefficient (Wildman–Crippen LogP) is 1.93. The van der Waals surface area contributed by atoms with Crippen molar-refractivity contribution >= 4 is 36.0 Å². The third-order valence-corrected chi connectivity index (χ3v) is 5.49. The molecule has 1 unspecified atom stereocenters. The van der Waals surface area contributed by atoms with E-state index in [2.05, 4.69) is 10.2 Å². The van der Waals surface area contributed by atoms with Crippen molar-refractivity contribution in [1.29, 1.82) is 0 Å². The molecule has 1 atom stereocenters. The van der Waals surface area contributed by atoms with Crippen molar-refractivity contribution in [2.75, 3.05) is 0 Å². The highest BCUT2D eigenvalue weighted by atomic mass is 32.1. The molecule has 2 aromatic rings. The Morgan fingerprint density at radius 3 is 2.37 bits per heavy atom. The highest BCUT2D eigenvalue weighted by Gasteiger charge is 2.68. The lowest BCUT2D eigenvalue weighted by atomic mass is 10.0. The van der Waals surface area contributed by atoms with Gasteiger partial charge in [-0.05, 0) is 18.4 Å². The van der Waals surface area contributed by atoms with E-state index in [9.17, 15) is 22.8 Å². The van der Waals surface area contributed by atoms with E-state index in [1.807, 2.05) is 0 Å². The number of carbonyl (C=O) groups excluding carboxylic acids is 2. The van der Waals surface area contributed by atoms with Gasteiger partial charge in [0.2, 0.25) is 0 Å². The molecule has 138 valence electrons. The molecule has 27 heavy (non-hydrogen) atoms. The molecule has 2 aliphatic rings. The SMILES string of the molecule is [B]c1nnc(CN2C(=O)N(C(c3ccccc3)C(F)(F)F)C(=O)C23CC3)s1. The topological polar surface area (TPSA) is 66.4 Å². The van der Waals surface area contributed by atoms with Gasteiger partial charge >= 0.3 is 12.2 Å². The molecule has 1 aromatic heterocycles. The van der Waals surface area contributed by atoms with Crippen LogP contribution in [0.25, 0.3) is 0 Å². The van der Waals surface area contributed by atoms with Crippen molar-refractivity contribution in [3.8, 4) is 0 Å². The standard InChI is InChI=1S/C16H12BF3N4O2S/c17-13-22-21-10(27-13)8-23-14(26)24(12(25)15(23)6-7-15)11(16(18,19)20)9-4-2-1-3-5-9/h1-5,11H,6-8H2. The van der Waals surface area contributed by atoms with Crippen molar-refractivity contribution in [2.24, 2.45) is 0 Å². The molecule has 0 bridgehead atoms. The molecule has 2 heterocycles. The zero-order valence-corrected chi connectivity index (χ0v) is 14.6. The van der Waals surface area contributed by atoms with Crippen LogP contribution in [-0.2, 0) is 11.3 Å². The van der Waals surface area contributed by atoms with E-state index in [1.54, 1.807) is 6.07 Å². The monoisotopic (exact) mass is 392 g/mol. The molecule has 4 rings (SSSR count). The molecular weight excluding hydrogens is 380 g/mol. The minimum absolute atomic E-state index is 0.102. The Bertz CT molecular complexity index is 901. The maximum Gasteiger partial charge on any atom is 0.413 e. The quantitative estimate of drug-likeness (QED) is 0.589. The molecule has 2 radical (unpaired) electrons. The summed E-state index contributed by atoms with van der Waals surface area (Å²) in [7, 11) is 5.52. The summed E-state index contributed by atoms with van der Waals surface area (Å²) in [6.07, 6.45) is -4.16. The minimum Gasteiger partial charge on any atom is -0.303 e. The van der Waals surface area contributed by atoms with Gasteiger partial charge in [-0.15, -0.1) is 16.4 Å². The van der Waals surface area contributed by atoms with E-state index in [4.69, 9.17) is 7.85 Å². The van der Waals surface area contributed by atoms with Crippen LogP contribution in [0.4, 0.5) is 18.0 Å². The Morgan fingerprint density at radius 1 is 1.19 bits per heavy atom. The van der Waals surface area contributed by atoms with Gasteiger partial charge in [0.05, 0.1) is 11.5 Å². The van der Waals surface area contributed by atoms with Gasteiger partial charge in [0.25, 0.3) is 5.91 Å². The van der Waals surface area contributed by atoms with E-state index in [-0.39, 0.29) is 17.0 Å². The molecule has 1 saturated heterocycles. The Labute approximate surface area is 157 Å². The maximum absolute atomic E-state index is 13.8. The Morgan fingerprint density at radius 2 is 1.85 bits per heavy atom. The zero-order chi connectivity index (χ0) is 19.4. The number of hydrogen-bond acceptors (Lipinski definition) is 5. The largest absolute Gasteiger partial charge is 0.413 e. The van der Waals surface area contributed by atoms with Crippen LogP contribution in [-0.4, -0.2) is 51.5 Å².